The Morgan fingerprint density at radius 2 is 1.34 bits per heavy atom. The van der Waals surface area contributed by atoms with Gasteiger partial charge in [0.05, 0.1) is 0 Å². The zero-order valence-corrected chi connectivity index (χ0v) is 21.7. The number of allylic oxidation sites excluding steroid dienone is 4. The number of benzene rings is 3. The second-order valence-electron chi connectivity index (χ2n) is 6.80. The Hall–Kier alpha value is -2.18. The molecular formula is C29H24Cl2Zr-2. The van der Waals surface area contributed by atoms with E-state index in [-0.39, 0.29) is 24.8 Å². The molecule has 1 aliphatic rings. The van der Waals surface area contributed by atoms with Crippen LogP contribution >= 0.6 is 0 Å². The Labute approximate surface area is 218 Å². The van der Waals surface area contributed by atoms with E-state index >= 15 is 0 Å². The van der Waals surface area contributed by atoms with Crippen molar-refractivity contribution in [1.82, 2.24) is 0 Å². The molecule has 3 heteroatoms. The average molecular weight is 535 g/mol. The first kappa shape index (κ1) is 27.9. The van der Waals surface area contributed by atoms with Crippen molar-refractivity contribution in [3.63, 3.8) is 0 Å². The number of rotatable bonds is 3. The Morgan fingerprint density at radius 3 is 1.69 bits per heavy atom. The minimum absolute atomic E-state index is 0. The molecule has 32 heavy (non-hydrogen) atoms. The fourth-order valence-corrected chi connectivity index (χ4v) is 3.65. The van der Waals surface area contributed by atoms with Crippen molar-refractivity contribution in [1.29, 1.82) is 0 Å². The molecule has 5 rings (SSSR count). The normalized spacial score (nSPS) is 10.7. The van der Waals surface area contributed by atoms with Gasteiger partial charge < -0.3 is 24.8 Å². The molecule has 0 atom stereocenters. The van der Waals surface area contributed by atoms with Crippen molar-refractivity contribution < 1.29 is 49.0 Å². The van der Waals surface area contributed by atoms with Gasteiger partial charge in [-0.25, -0.2) is 12.2 Å². The van der Waals surface area contributed by atoms with Crippen molar-refractivity contribution in [2.75, 3.05) is 0 Å². The first-order valence-electron chi connectivity index (χ1n) is 9.90. The Morgan fingerprint density at radius 1 is 0.781 bits per heavy atom. The van der Waals surface area contributed by atoms with Gasteiger partial charge in [0.25, 0.3) is 0 Å². The van der Waals surface area contributed by atoms with Crippen molar-refractivity contribution in [2.45, 2.75) is 6.42 Å². The van der Waals surface area contributed by atoms with Crippen LogP contribution in [0.5, 0.6) is 0 Å². The molecule has 0 amide bonds. The zero-order chi connectivity index (χ0) is 21.2. The summed E-state index contributed by atoms with van der Waals surface area (Å²) in [5.41, 5.74) is 3.65. The summed E-state index contributed by atoms with van der Waals surface area (Å²) in [6.45, 7) is 7.64. The average Bonchev–Trinajstić information content (AvgIpc) is 3.51. The van der Waals surface area contributed by atoms with Crippen molar-refractivity contribution in [2.24, 2.45) is 0 Å². The number of halogens is 2. The fraction of sp³-hybridized carbons (Fsp3) is 0.0345. The monoisotopic (exact) mass is 532 g/mol. The molecule has 4 aromatic rings. The molecule has 160 valence electrons. The maximum absolute atomic E-state index is 3.82. The van der Waals surface area contributed by atoms with Crippen LogP contribution in [0.4, 0.5) is 0 Å². The molecular weight excluding hydrogens is 510 g/mol. The predicted octanol–water partition coefficient (Wildman–Crippen LogP) is 1.70. The topological polar surface area (TPSA) is 0 Å². The summed E-state index contributed by atoms with van der Waals surface area (Å²) >= 11 is 1.46. The van der Waals surface area contributed by atoms with Crippen LogP contribution in [0.2, 0.25) is 0 Å². The van der Waals surface area contributed by atoms with E-state index in [2.05, 4.69) is 95.7 Å². The maximum atomic E-state index is 3.82. The first-order chi connectivity index (χ1) is 14.7. The van der Waals surface area contributed by atoms with Crippen LogP contribution in [0.15, 0.2) is 104 Å². The molecule has 0 heterocycles. The molecule has 0 nitrogen and oxygen atoms in total. The van der Waals surface area contributed by atoms with Crippen LogP contribution in [0, 0.1) is 6.08 Å². The molecule has 0 spiro atoms. The molecule has 0 fully saturated rings. The Bertz CT molecular complexity index is 1140. The summed E-state index contributed by atoms with van der Waals surface area (Å²) in [5, 5.41) is 5.15. The van der Waals surface area contributed by atoms with Gasteiger partial charge in [-0.2, -0.15) is 6.08 Å². The molecule has 0 radical (unpaired) electrons. The molecule has 4 aromatic carbocycles. The quantitative estimate of drug-likeness (QED) is 0.351. The van der Waals surface area contributed by atoms with E-state index in [0.29, 0.717) is 0 Å². The van der Waals surface area contributed by atoms with Crippen molar-refractivity contribution in [3.8, 4) is 0 Å². The molecule has 0 saturated heterocycles. The van der Waals surface area contributed by atoms with Gasteiger partial charge in [0, 0.05) is 0 Å². The van der Waals surface area contributed by atoms with Crippen LogP contribution in [-0.4, -0.2) is 3.71 Å². The third-order valence-corrected chi connectivity index (χ3v) is 5.60. The number of fused-ring (bicyclic) bond motifs is 3. The minimum atomic E-state index is 0. The van der Waals surface area contributed by atoms with Crippen LogP contribution < -0.4 is 24.8 Å². The molecule has 0 N–H and O–H groups in total. The van der Waals surface area contributed by atoms with Gasteiger partial charge in [0.2, 0.25) is 0 Å². The Kier molecular flexibility index (Phi) is 12.9. The van der Waals surface area contributed by atoms with Crippen molar-refractivity contribution >= 4 is 37.4 Å². The number of hydrogen-bond acceptors (Lipinski definition) is 0. The van der Waals surface area contributed by atoms with Gasteiger partial charge >= 0.3 is 63.8 Å². The van der Waals surface area contributed by atoms with E-state index in [0.717, 1.165) is 17.5 Å². The molecule has 0 unspecified atom stereocenters. The van der Waals surface area contributed by atoms with E-state index in [4.69, 9.17) is 0 Å². The van der Waals surface area contributed by atoms with Crippen LogP contribution in [0.25, 0.3) is 33.7 Å². The summed E-state index contributed by atoms with van der Waals surface area (Å²) < 4.78 is 2.17. The third-order valence-electron chi connectivity index (χ3n) is 4.78. The molecule has 0 aliphatic heterocycles. The summed E-state index contributed by atoms with van der Waals surface area (Å²) in [5.74, 6) is 0. The van der Waals surface area contributed by atoms with Crippen LogP contribution in [0.1, 0.15) is 23.1 Å². The third kappa shape index (κ3) is 7.75. The van der Waals surface area contributed by atoms with Crippen LogP contribution in [0.3, 0.4) is 0 Å². The van der Waals surface area contributed by atoms with Gasteiger partial charge in [0.1, 0.15) is 0 Å². The summed E-state index contributed by atoms with van der Waals surface area (Å²) in [6.07, 6.45) is 13.8. The van der Waals surface area contributed by atoms with E-state index in [1.807, 2.05) is 30.4 Å². The Balaban J connectivity index is 0.000000286. The second-order valence-corrected chi connectivity index (χ2v) is 7.51. The van der Waals surface area contributed by atoms with Gasteiger partial charge in [0.15, 0.2) is 0 Å². The standard InChI is InChI=1S/C17H13.C7H6.C5H5.2ClH.Zr/c1-3-12-5-7-14-11-15-8-6-13(4-2)10-17(15)16(14)9-12;1-7-5-3-2-4-6-7;1-2-4-5-3-1;;;/h3-11H,1-2H2;1-6H;1-3H,4H2;2*1H;/q-1;;-1;;;+2/p-2. The van der Waals surface area contributed by atoms with E-state index in [1.54, 1.807) is 0 Å². The zero-order valence-electron chi connectivity index (χ0n) is 17.8. The summed E-state index contributed by atoms with van der Waals surface area (Å²) in [6, 6.07) is 25.5. The van der Waals surface area contributed by atoms with E-state index < -0.39 is 0 Å². The summed E-state index contributed by atoms with van der Waals surface area (Å²) in [7, 11) is 0. The van der Waals surface area contributed by atoms with Gasteiger partial charge in [-0.05, 0) is 11.1 Å². The van der Waals surface area contributed by atoms with E-state index in [9.17, 15) is 0 Å². The SMILES string of the molecule is C=Cc1ccc2[cH-]c3ccc(C=C)cc3c2c1.[C-]1=CC=CC1.[Cl-].[Cl-].[Zr+2]=[CH]c1ccccc1. The summed E-state index contributed by atoms with van der Waals surface area (Å²) in [4.78, 5) is 0. The first-order valence-corrected chi connectivity index (χ1v) is 11.3. The molecule has 0 bridgehead atoms. The van der Waals surface area contributed by atoms with Crippen LogP contribution in [-0.2, 0) is 24.2 Å². The second kappa shape index (κ2) is 14.8. The van der Waals surface area contributed by atoms with Crippen molar-refractivity contribution in [3.05, 3.63) is 127 Å². The predicted molar refractivity (Wildman–Crippen MR) is 130 cm³/mol. The number of hydrogen-bond donors (Lipinski definition) is 0. The van der Waals surface area contributed by atoms with Gasteiger partial charge in [-0.1, -0.05) is 49.6 Å². The van der Waals surface area contributed by atoms with Gasteiger partial charge in [-0.15, -0.1) is 46.2 Å². The molecule has 1 aliphatic carbocycles. The fourth-order valence-electron chi connectivity index (χ4n) is 3.18. The molecule has 0 saturated carbocycles. The van der Waals surface area contributed by atoms with E-state index in [1.165, 1.54) is 51.3 Å². The molecule has 0 aromatic heterocycles. The van der Waals surface area contributed by atoms with Gasteiger partial charge in [-0.3, -0.25) is 6.08 Å².